The standard InChI is InChI=1S/C17H24N6OS/c1-22-7-9-23(10-8-22)12-14-2-4-15(5-3-14)16(24)18-6-11-25-17-19-13-20-21-17/h2-5,13H,6-12H2,1H3,(H,18,24)(H,19,20,21). The van der Waals surface area contributed by atoms with E-state index in [1.165, 1.54) is 23.7 Å². The van der Waals surface area contributed by atoms with Crippen LogP contribution in [0, 0.1) is 0 Å². The number of piperazine rings is 1. The predicted molar refractivity (Wildman–Crippen MR) is 98.7 cm³/mol. The van der Waals surface area contributed by atoms with E-state index in [0.29, 0.717) is 12.1 Å². The summed E-state index contributed by atoms with van der Waals surface area (Å²) >= 11 is 1.53. The number of likely N-dealkylation sites (N-methyl/N-ethyl adjacent to an activating group) is 1. The fourth-order valence-electron chi connectivity index (χ4n) is 2.70. The Hall–Kier alpha value is -1.90. The molecule has 1 aliphatic rings. The first-order valence-corrected chi connectivity index (χ1v) is 9.45. The smallest absolute Gasteiger partial charge is 0.251 e. The Morgan fingerprint density at radius 2 is 2.00 bits per heavy atom. The van der Waals surface area contributed by atoms with E-state index >= 15 is 0 Å². The Balaban J connectivity index is 1.41. The van der Waals surface area contributed by atoms with Gasteiger partial charge in [-0.25, -0.2) is 4.98 Å². The van der Waals surface area contributed by atoms with Gasteiger partial charge in [0.25, 0.3) is 5.91 Å². The molecule has 1 saturated heterocycles. The Morgan fingerprint density at radius 1 is 1.24 bits per heavy atom. The molecule has 1 aliphatic heterocycles. The van der Waals surface area contributed by atoms with Crippen molar-refractivity contribution >= 4 is 17.7 Å². The van der Waals surface area contributed by atoms with Crippen LogP contribution in [0.1, 0.15) is 15.9 Å². The van der Waals surface area contributed by atoms with Crippen LogP contribution in [-0.4, -0.2) is 76.4 Å². The summed E-state index contributed by atoms with van der Waals surface area (Å²) in [5, 5.41) is 10.3. The third-order valence-electron chi connectivity index (χ3n) is 4.24. The molecule has 8 heteroatoms. The summed E-state index contributed by atoms with van der Waals surface area (Å²) in [6.45, 7) is 5.97. The number of amides is 1. The van der Waals surface area contributed by atoms with Crippen molar-refractivity contribution in [3.8, 4) is 0 Å². The van der Waals surface area contributed by atoms with Gasteiger partial charge in [0, 0.05) is 50.6 Å². The van der Waals surface area contributed by atoms with Crippen LogP contribution in [0.25, 0.3) is 0 Å². The lowest BCUT2D eigenvalue weighted by Gasteiger charge is -2.32. The molecule has 2 heterocycles. The fourth-order valence-corrected chi connectivity index (χ4v) is 3.34. The number of thioether (sulfide) groups is 1. The molecule has 0 aliphatic carbocycles. The van der Waals surface area contributed by atoms with Crippen LogP contribution in [0.2, 0.25) is 0 Å². The maximum Gasteiger partial charge on any atom is 0.251 e. The minimum Gasteiger partial charge on any atom is -0.351 e. The van der Waals surface area contributed by atoms with Crippen LogP contribution in [0.3, 0.4) is 0 Å². The number of carbonyl (C=O) groups excluding carboxylic acids is 1. The molecule has 0 saturated carbocycles. The maximum atomic E-state index is 12.2. The molecule has 0 spiro atoms. The monoisotopic (exact) mass is 360 g/mol. The average molecular weight is 360 g/mol. The largest absolute Gasteiger partial charge is 0.351 e. The van der Waals surface area contributed by atoms with Crippen LogP contribution in [0.5, 0.6) is 0 Å². The number of nitrogens with one attached hydrogen (secondary N) is 2. The molecular weight excluding hydrogens is 336 g/mol. The lowest BCUT2D eigenvalue weighted by Crippen LogP contribution is -2.43. The minimum absolute atomic E-state index is 0.0377. The van der Waals surface area contributed by atoms with Gasteiger partial charge >= 0.3 is 0 Å². The van der Waals surface area contributed by atoms with E-state index in [-0.39, 0.29) is 5.91 Å². The topological polar surface area (TPSA) is 77.2 Å². The summed E-state index contributed by atoms with van der Waals surface area (Å²) in [6.07, 6.45) is 1.48. The Bertz CT molecular complexity index is 652. The van der Waals surface area contributed by atoms with E-state index in [4.69, 9.17) is 0 Å². The molecule has 0 radical (unpaired) electrons. The van der Waals surface area contributed by atoms with Crippen molar-refractivity contribution in [2.45, 2.75) is 11.7 Å². The fraction of sp³-hybridized carbons (Fsp3) is 0.471. The number of aromatic nitrogens is 3. The van der Waals surface area contributed by atoms with Gasteiger partial charge in [0.15, 0.2) is 5.16 Å². The van der Waals surface area contributed by atoms with Gasteiger partial charge in [0.2, 0.25) is 0 Å². The SMILES string of the molecule is CN1CCN(Cc2ccc(C(=O)NCCSc3ncn[nH]3)cc2)CC1. The van der Waals surface area contributed by atoms with Gasteiger partial charge < -0.3 is 10.2 Å². The van der Waals surface area contributed by atoms with Crippen molar-refractivity contribution in [3.05, 3.63) is 41.7 Å². The zero-order valence-electron chi connectivity index (χ0n) is 14.4. The third-order valence-corrected chi connectivity index (χ3v) is 5.12. The van der Waals surface area contributed by atoms with Gasteiger partial charge in [0.05, 0.1) is 0 Å². The second kappa shape index (κ2) is 8.98. The molecule has 1 aromatic heterocycles. The van der Waals surface area contributed by atoms with Crippen molar-refractivity contribution in [3.63, 3.8) is 0 Å². The van der Waals surface area contributed by atoms with Gasteiger partial charge in [0.1, 0.15) is 6.33 Å². The molecule has 2 N–H and O–H groups in total. The normalized spacial score (nSPS) is 16.0. The van der Waals surface area contributed by atoms with Crippen LogP contribution in [0.4, 0.5) is 0 Å². The molecule has 25 heavy (non-hydrogen) atoms. The van der Waals surface area contributed by atoms with Crippen LogP contribution in [-0.2, 0) is 6.54 Å². The average Bonchev–Trinajstić information content (AvgIpc) is 3.15. The first-order valence-electron chi connectivity index (χ1n) is 8.47. The minimum atomic E-state index is -0.0377. The van der Waals surface area contributed by atoms with Crippen molar-refractivity contribution < 1.29 is 4.79 Å². The molecule has 1 fully saturated rings. The van der Waals surface area contributed by atoms with Crippen LogP contribution < -0.4 is 5.32 Å². The number of H-pyrrole nitrogens is 1. The number of carbonyl (C=O) groups is 1. The molecule has 1 aromatic carbocycles. The Labute approximate surface area is 152 Å². The number of hydrogen-bond acceptors (Lipinski definition) is 6. The van der Waals surface area contributed by atoms with E-state index in [2.05, 4.69) is 49.5 Å². The van der Waals surface area contributed by atoms with Gasteiger partial charge in [-0.3, -0.25) is 14.8 Å². The van der Waals surface area contributed by atoms with E-state index in [1.807, 2.05) is 12.1 Å². The Morgan fingerprint density at radius 3 is 2.68 bits per heavy atom. The molecule has 134 valence electrons. The lowest BCUT2D eigenvalue weighted by atomic mass is 10.1. The van der Waals surface area contributed by atoms with Crippen molar-refractivity contribution in [1.29, 1.82) is 0 Å². The van der Waals surface area contributed by atoms with Gasteiger partial charge in [-0.2, -0.15) is 5.10 Å². The van der Waals surface area contributed by atoms with E-state index in [0.717, 1.165) is 43.6 Å². The van der Waals surface area contributed by atoms with Crippen LogP contribution in [0.15, 0.2) is 35.7 Å². The zero-order chi connectivity index (χ0) is 17.5. The predicted octanol–water partition coefficient (Wildman–Crippen LogP) is 1.07. The second-order valence-electron chi connectivity index (χ2n) is 6.17. The van der Waals surface area contributed by atoms with Gasteiger partial charge in [-0.05, 0) is 24.7 Å². The number of rotatable bonds is 7. The van der Waals surface area contributed by atoms with Crippen molar-refractivity contribution in [2.24, 2.45) is 0 Å². The van der Waals surface area contributed by atoms with Crippen molar-refractivity contribution in [1.82, 2.24) is 30.3 Å². The molecule has 0 unspecified atom stereocenters. The molecule has 2 aromatic rings. The van der Waals surface area contributed by atoms with Gasteiger partial charge in [-0.15, -0.1) is 0 Å². The highest BCUT2D eigenvalue weighted by molar-refractivity contribution is 7.99. The quantitative estimate of drug-likeness (QED) is 0.568. The molecule has 3 rings (SSSR count). The van der Waals surface area contributed by atoms with E-state index < -0.39 is 0 Å². The summed E-state index contributed by atoms with van der Waals surface area (Å²) in [7, 11) is 2.16. The molecule has 0 bridgehead atoms. The first kappa shape index (κ1) is 17.9. The molecule has 1 amide bonds. The summed E-state index contributed by atoms with van der Waals surface area (Å²) in [6, 6.07) is 7.92. The second-order valence-corrected chi connectivity index (χ2v) is 7.25. The molecule has 7 nitrogen and oxygen atoms in total. The Kier molecular flexibility index (Phi) is 6.43. The molecular formula is C17H24N6OS. The zero-order valence-corrected chi connectivity index (χ0v) is 15.3. The number of nitrogens with zero attached hydrogens (tertiary/aromatic N) is 4. The summed E-state index contributed by atoms with van der Waals surface area (Å²) in [4.78, 5) is 21.0. The highest BCUT2D eigenvalue weighted by Gasteiger charge is 2.14. The number of aromatic amines is 1. The van der Waals surface area contributed by atoms with Gasteiger partial charge in [-0.1, -0.05) is 23.9 Å². The lowest BCUT2D eigenvalue weighted by molar-refractivity contribution is 0.0956. The maximum absolute atomic E-state index is 12.2. The summed E-state index contributed by atoms with van der Waals surface area (Å²) in [5.74, 6) is 0.715. The number of hydrogen-bond donors (Lipinski definition) is 2. The molecule has 0 atom stereocenters. The highest BCUT2D eigenvalue weighted by Crippen LogP contribution is 2.11. The highest BCUT2D eigenvalue weighted by atomic mass is 32.2. The third kappa shape index (κ3) is 5.55. The van der Waals surface area contributed by atoms with Crippen molar-refractivity contribution in [2.75, 3.05) is 45.5 Å². The van der Waals surface area contributed by atoms with E-state index in [1.54, 1.807) is 0 Å². The van der Waals surface area contributed by atoms with E-state index in [9.17, 15) is 4.79 Å². The summed E-state index contributed by atoms with van der Waals surface area (Å²) in [5.41, 5.74) is 1.95. The first-order chi connectivity index (χ1) is 12.2. The summed E-state index contributed by atoms with van der Waals surface area (Å²) < 4.78 is 0. The number of benzene rings is 1. The van der Waals surface area contributed by atoms with Crippen LogP contribution >= 0.6 is 11.8 Å².